The van der Waals surface area contributed by atoms with Crippen molar-refractivity contribution in [3.8, 4) is 11.5 Å². The third-order valence-corrected chi connectivity index (χ3v) is 3.02. The van der Waals surface area contributed by atoms with Crippen LogP contribution in [0.2, 0.25) is 0 Å². The van der Waals surface area contributed by atoms with E-state index in [0.717, 1.165) is 0 Å². The summed E-state index contributed by atoms with van der Waals surface area (Å²) in [6.07, 6.45) is 1.39. The predicted octanol–water partition coefficient (Wildman–Crippen LogP) is 1.00. The normalized spacial score (nSPS) is 17.0. The van der Waals surface area contributed by atoms with Gasteiger partial charge in [0, 0.05) is 5.56 Å². The summed E-state index contributed by atoms with van der Waals surface area (Å²) in [5, 5.41) is 13.7. The molecule has 0 saturated carbocycles. The molecule has 1 heterocycles. The Morgan fingerprint density at radius 3 is 2.90 bits per heavy atom. The summed E-state index contributed by atoms with van der Waals surface area (Å²) in [5.74, 6) is -0.923. The van der Waals surface area contributed by atoms with Crippen LogP contribution in [0.1, 0.15) is 18.9 Å². The SMILES string of the molecule is COc1cccc(/C=N\NC(=O)CC2(C)OCCO2)c1O. The summed E-state index contributed by atoms with van der Waals surface area (Å²) < 4.78 is 15.7. The van der Waals surface area contributed by atoms with Gasteiger partial charge in [0.15, 0.2) is 17.3 Å². The third-order valence-electron chi connectivity index (χ3n) is 3.02. The van der Waals surface area contributed by atoms with E-state index in [9.17, 15) is 9.90 Å². The average Bonchev–Trinajstić information content (AvgIpc) is 2.87. The summed E-state index contributed by atoms with van der Waals surface area (Å²) in [5.41, 5.74) is 2.81. The molecule has 0 unspecified atom stereocenters. The Hall–Kier alpha value is -2.12. The molecule has 1 saturated heterocycles. The van der Waals surface area contributed by atoms with Crippen LogP contribution in [0.15, 0.2) is 23.3 Å². The molecule has 21 heavy (non-hydrogen) atoms. The van der Waals surface area contributed by atoms with E-state index in [4.69, 9.17) is 14.2 Å². The number of methoxy groups -OCH3 is 1. The Morgan fingerprint density at radius 1 is 1.52 bits per heavy atom. The van der Waals surface area contributed by atoms with Crippen LogP contribution in [0.5, 0.6) is 11.5 Å². The highest BCUT2D eigenvalue weighted by atomic mass is 16.7. The Balaban J connectivity index is 1.92. The molecule has 1 aliphatic heterocycles. The zero-order chi connectivity index (χ0) is 15.3. The molecular weight excluding hydrogens is 276 g/mol. The van der Waals surface area contributed by atoms with Crippen LogP contribution in [0.25, 0.3) is 0 Å². The van der Waals surface area contributed by atoms with Crippen molar-refractivity contribution in [2.45, 2.75) is 19.1 Å². The van der Waals surface area contributed by atoms with Crippen molar-refractivity contribution in [2.24, 2.45) is 5.10 Å². The molecular formula is C14H18N2O5. The van der Waals surface area contributed by atoms with E-state index >= 15 is 0 Å². The molecule has 1 aliphatic rings. The van der Waals surface area contributed by atoms with Crippen LogP contribution in [-0.2, 0) is 14.3 Å². The lowest BCUT2D eigenvalue weighted by molar-refractivity contribution is -0.159. The lowest BCUT2D eigenvalue weighted by Gasteiger charge is -2.20. The van der Waals surface area contributed by atoms with Crippen LogP contribution in [0.3, 0.4) is 0 Å². The Labute approximate surface area is 122 Å². The first-order chi connectivity index (χ1) is 10.0. The first-order valence-corrected chi connectivity index (χ1v) is 6.50. The van der Waals surface area contributed by atoms with Gasteiger partial charge in [0.2, 0.25) is 5.91 Å². The maximum absolute atomic E-state index is 11.7. The highest BCUT2D eigenvalue weighted by molar-refractivity contribution is 5.86. The number of nitrogens with zero attached hydrogens (tertiary/aromatic N) is 1. The van der Waals surface area contributed by atoms with Crippen molar-refractivity contribution < 1.29 is 24.1 Å². The van der Waals surface area contributed by atoms with Gasteiger partial charge < -0.3 is 19.3 Å². The minimum atomic E-state index is -0.891. The van der Waals surface area contributed by atoms with E-state index in [0.29, 0.717) is 24.5 Å². The number of ether oxygens (including phenoxy) is 3. The first-order valence-electron chi connectivity index (χ1n) is 6.50. The second-order valence-corrected chi connectivity index (χ2v) is 4.70. The largest absolute Gasteiger partial charge is 0.504 e. The summed E-state index contributed by atoms with van der Waals surface area (Å²) in [6, 6.07) is 4.99. The summed E-state index contributed by atoms with van der Waals surface area (Å²) >= 11 is 0. The smallest absolute Gasteiger partial charge is 0.245 e. The zero-order valence-corrected chi connectivity index (χ0v) is 12.0. The second kappa shape index (κ2) is 6.55. The topological polar surface area (TPSA) is 89.4 Å². The fraction of sp³-hybridized carbons (Fsp3) is 0.429. The number of phenolic OH excluding ortho intramolecular Hbond substituents is 1. The number of hydrogen-bond donors (Lipinski definition) is 2. The minimum Gasteiger partial charge on any atom is -0.504 e. The predicted molar refractivity (Wildman–Crippen MR) is 75.3 cm³/mol. The van der Waals surface area contributed by atoms with Gasteiger partial charge in [-0.05, 0) is 19.1 Å². The molecule has 1 fully saturated rings. The quantitative estimate of drug-likeness (QED) is 0.625. The highest BCUT2D eigenvalue weighted by Crippen LogP contribution is 2.28. The van der Waals surface area contributed by atoms with Crippen molar-refractivity contribution in [3.63, 3.8) is 0 Å². The monoisotopic (exact) mass is 294 g/mol. The van der Waals surface area contributed by atoms with Crippen LogP contribution in [0.4, 0.5) is 0 Å². The van der Waals surface area contributed by atoms with Gasteiger partial charge in [-0.25, -0.2) is 5.43 Å². The number of carbonyl (C=O) groups excluding carboxylic acids is 1. The molecule has 0 aromatic heterocycles. The molecule has 2 N–H and O–H groups in total. The molecule has 0 atom stereocenters. The van der Waals surface area contributed by atoms with Crippen molar-refractivity contribution >= 4 is 12.1 Å². The molecule has 0 spiro atoms. The standard InChI is InChI=1S/C14H18N2O5/c1-14(20-6-7-21-14)8-12(17)16-15-9-10-4-3-5-11(19-2)13(10)18/h3-5,9,18H,6-8H2,1-2H3,(H,16,17)/b15-9-. The number of carbonyl (C=O) groups is 1. The summed E-state index contributed by atoms with van der Waals surface area (Å²) in [6.45, 7) is 2.66. The van der Waals surface area contributed by atoms with E-state index < -0.39 is 5.79 Å². The molecule has 7 heteroatoms. The Bertz CT molecular complexity index is 538. The number of phenols is 1. The van der Waals surface area contributed by atoms with Gasteiger partial charge in [0.05, 0.1) is 33.0 Å². The van der Waals surface area contributed by atoms with Gasteiger partial charge in [-0.3, -0.25) is 4.79 Å². The number of para-hydroxylation sites is 1. The average molecular weight is 294 g/mol. The third kappa shape index (κ3) is 3.93. The van der Waals surface area contributed by atoms with E-state index in [-0.39, 0.29) is 18.1 Å². The number of nitrogens with one attached hydrogen (secondary N) is 1. The minimum absolute atomic E-state index is 0.0348. The fourth-order valence-electron chi connectivity index (χ4n) is 1.97. The molecule has 0 bridgehead atoms. The zero-order valence-electron chi connectivity index (χ0n) is 12.0. The Kier molecular flexibility index (Phi) is 4.77. The van der Waals surface area contributed by atoms with Gasteiger partial charge >= 0.3 is 0 Å². The van der Waals surface area contributed by atoms with Gasteiger partial charge in [-0.1, -0.05) is 6.07 Å². The van der Waals surface area contributed by atoms with Gasteiger partial charge in [-0.2, -0.15) is 5.10 Å². The Morgan fingerprint density at radius 2 is 2.24 bits per heavy atom. The molecule has 0 radical (unpaired) electrons. The van der Waals surface area contributed by atoms with Gasteiger partial charge in [-0.15, -0.1) is 0 Å². The summed E-state index contributed by atoms with van der Waals surface area (Å²) in [4.78, 5) is 11.7. The van der Waals surface area contributed by atoms with Crippen LogP contribution >= 0.6 is 0 Å². The van der Waals surface area contributed by atoms with Crippen molar-refractivity contribution in [1.29, 1.82) is 0 Å². The van der Waals surface area contributed by atoms with Crippen LogP contribution in [-0.4, -0.2) is 43.3 Å². The fourth-order valence-corrected chi connectivity index (χ4v) is 1.97. The molecule has 7 nitrogen and oxygen atoms in total. The molecule has 1 aromatic rings. The molecule has 1 aromatic carbocycles. The molecule has 0 aliphatic carbocycles. The summed E-state index contributed by atoms with van der Waals surface area (Å²) in [7, 11) is 1.46. The number of benzene rings is 1. The maximum atomic E-state index is 11.7. The van der Waals surface area contributed by atoms with E-state index in [1.807, 2.05) is 0 Å². The van der Waals surface area contributed by atoms with Gasteiger partial charge in [0.1, 0.15) is 0 Å². The molecule has 114 valence electrons. The van der Waals surface area contributed by atoms with E-state index in [1.165, 1.54) is 13.3 Å². The number of aromatic hydroxyl groups is 1. The first kappa shape index (κ1) is 15.3. The van der Waals surface area contributed by atoms with Crippen LogP contribution in [0, 0.1) is 0 Å². The number of amides is 1. The number of rotatable bonds is 5. The highest BCUT2D eigenvalue weighted by Gasteiger charge is 2.33. The lowest BCUT2D eigenvalue weighted by Crippen LogP contribution is -2.33. The number of hydrazone groups is 1. The second-order valence-electron chi connectivity index (χ2n) is 4.70. The molecule has 1 amide bonds. The van der Waals surface area contributed by atoms with Crippen molar-refractivity contribution in [1.82, 2.24) is 5.43 Å². The van der Waals surface area contributed by atoms with E-state index in [1.54, 1.807) is 25.1 Å². The van der Waals surface area contributed by atoms with Crippen molar-refractivity contribution in [2.75, 3.05) is 20.3 Å². The van der Waals surface area contributed by atoms with E-state index in [2.05, 4.69) is 10.5 Å². The molecule has 2 rings (SSSR count). The lowest BCUT2D eigenvalue weighted by atomic mass is 10.2. The van der Waals surface area contributed by atoms with Crippen molar-refractivity contribution in [3.05, 3.63) is 23.8 Å². The number of hydrogen-bond acceptors (Lipinski definition) is 6. The van der Waals surface area contributed by atoms with Crippen LogP contribution < -0.4 is 10.2 Å². The maximum Gasteiger partial charge on any atom is 0.245 e. The van der Waals surface area contributed by atoms with Gasteiger partial charge in [0.25, 0.3) is 0 Å².